The average molecular weight is 279 g/mol. The Kier molecular flexibility index (Phi) is 3.76. The Morgan fingerprint density at radius 1 is 1.05 bits per heavy atom. The first-order valence-electron chi connectivity index (χ1n) is 7.33. The molecule has 3 rings (SSSR count). The fraction of sp³-hybridized carbons (Fsp3) is 0.278. The molecule has 0 atom stereocenters. The van der Waals surface area contributed by atoms with Crippen LogP contribution in [0.25, 0.3) is 5.65 Å². The number of hydrogen-bond acceptors (Lipinski definition) is 2. The molecule has 2 aromatic heterocycles. The predicted molar refractivity (Wildman–Crippen MR) is 86.4 cm³/mol. The lowest BCUT2D eigenvalue weighted by atomic mass is 10.00. The van der Waals surface area contributed by atoms with Gasteiger partial charge in [0.05, 0.1) is 5.69 Å². The van der Waals surface area contributed by atoms with E-state index in [1.54, 1.807) is 0 Å². The van der Waals surface area contributed by atoms with Gasteiger partial charge in [-0.3, -0.25) is 0 Å². The lowest BCUT2D eigenvalue weighted by molar-refractivity contribution is 0.677. The summed E-state index contributed by atoms with van der Waals surface area (Å²) in [5, 5.41) is 3.50. The Morgan fingerprint density at radius 2 is 1.81 bits per heavy atom. The number of aromatic nitrogens is 2. The Bertz CT molecular complexity index is 715. The molecule has 0 amide bonds. The van der Waals surface area contributed by atoms with E-state index < -0.39 is 0 Å². The highest BCUT2D eigenvalue weighted by atomic mass is 15.0. The summed E-state index contributed by atoms with van der Waals surface area (Å²) in [5.41, 5.74) is 7.50. The maximum Gasteiger partial charge on any atom is 0.137 e. The van der Waals surface area contributed by atoms with E-state index in [-0.39, 0.29) is 0 Å². The SMILES string of the molecule is Cc1cc(C)c(CNCc2cn3ccccc3n2)c(C)c1. The van der Waals surface area contributed by atoms with E-state index in [0.29, 0.717) is 0 Å². The van der Waals surface area contributed by atoms with Crippen molar-refractivity contribution in [2.24, 2.45) is 0 Å². The van der Waals surface area contributed by atoms with Crippen LogP contribution in [0, 0.1) is 20.8 Å². The van der Waals surface area contributed by atoms with E-state index in [1.807, 2.05) is 24.4 Å². The van der Waals surface area contributed by atoms with Gasteiger partial charge in [-0.1, -0.05) is 23.8 Å². The molecule has 0 fully saturated rings. The normalized spacial score (nSPS) is 11.2. The highest BCUT2D eigenvalue weighted by Crippen LogP contribution is 2.16. The van der Waals surface area contributed by atoms with Crippen molar-refractivity contribution in [3.63, 3.8) is 0 Å². The molecule has 0 aliphatic heterocycles. The van der Waals surface area contributed by atoms with Crippen LogP contribution in [-0.2, 0) is 13.1 Å². The molecule has 0 aliphatic carbocycles. The molecule has 0 radical (unpaired) electrons. The van der Waals surface area contributed by atoms with Gasteiger partial charge in [-0.15, -0.1) is 0 Å². The molecule has 0 saturated heterocycles. The topological polar surface area (TPSA) is 29.3 Å². The molecule has 108 valence electrons. The minimum absolute atomic E-state index is 0.786. The largest absolute Gasteiger partial charge is 0.307 e. The molecule has 3 heteroatoms. The van der Waals surface area contributed by atoms with Crippen LogP contribution in [0.15, 0.2) is 42.7 Å². The van der Waals surface area contributed by atoms with Gasteiger partial charge in [0.2, 0.25) is 0 Å². The van der Waals surface area contributed by atoms with Crippen LogP contribution >= 0.6 is 0 Å². The molecule has 0 saturated carbocycles. The van der Waals surface area contributed by atoms with E-state index in [1.165, 1.54) is 22.3 Å². The number of aryl methyl sites for hydroxylation is 3. The second-order valence-electron chi connectivity index (χ2n) is 5.68. The first-order valence-corrected chi connectivity index (χ1v) is 7.33. The highest BCUT2D eigenvalue weighted by molar-refractivity contribution is 5.39. The van der Waals surface area contributed by atoms with Crippen molar-refractivity contribution in [2.45, 2.75) is 33.9 Å². The molecule has 1 aromatic carbocycles. The van der Waals surface area contributed by atoms with Crippen molar-refractivity contribution >= 4 is 5.65 Å². The molecule has 2 heterocycles. The average Bonchev–Trinajstić information content (AvgIpc) is 2.84. The van der Waals surface area contributed by atoms with E-state index in [0.717, 1.165) is 24.4 Å². The third-order valence-electron chi connectivity index (χ3n) is 3.86. The monoisotopic (exact) mass is 279 g/mol. The van der Waals surface area contributed by atoms with Gasteiger partial charge in [0.15, 0.2) is 0 Å². The van der Waals surface area contributed by atoms with E-state index >= 15 is 0 Å². The van der Waals surface area contributed by atoms with Crippen LogP contribution in [-0.4, -0.2) is 9.38 Å². The fourth-order valence-electron chi connectivity index (χ4n) is 2.88. The highest BCUT2D eigenvalue weighted by Gasteiger charge is 2.05. The van der Waals surface area contributed by atoms with E-state index in [2.05, 4.69) is 53.8 Å². The van der Waals surface area contributed by atoms with Crippen LogP contribution < -0.4 is 5.32 Å². The number of pyridine rings is 1. The molecule has 0 spiro atoms. The zero-order chi connectivity index (χ0) is 14.8. The summed E-state index contributed by atoms with van der Waals surface area (Å²) >= 11 is 0. The van der Waals surface area contributed by atoms with Crippen LogP contribution in [0.4, 0.5) is 0 Å². The Labute approximate surface area is 125 Å². The maximum atomic E-state index is 4.60. The van der Waals surface area contributed by atoms with Gasteiger partial charge in [0, 0.05) is 25.5 Å². The molecule has 0 bridgehead atoms. The Hall–Kier alpha value is -2.13. The number of nitrogens with zero attached hydrogens (tertiary/aromatic N) is 2. The van der Waals surface area contributed by atoms with Crippen molar-refractivity contribution in [3.8, 4) is 0 Å². The van der Waals surface area contributed by atoms with Gasteiger partial charge in [-0.05, 0) is 49.6 Å². The first-order chi connectivity index (χ1) is 10.1. The summed E-state index contributed by atoms with van der Waals surface area (Å²) in [6.07, 6.45) is 4.11. The number of nitrogens with one attached hydrogen (secondary N) is 1. The van der Waals surface area contributed by atoms with Crippen molar-refractivity contribution in [2.75, 3.05) is 0 Å². The van der Waals surface area contributed by atoms with Gasteiger partial charge < -0.3 is 9.72 Å². The predicted octanol–water partition coefficient (Wildman–Crippen LogP) is 3.55. The van der Waals surface area contributed by atoms with Crippen LogP contribution in [0.1, 0.15) is 27.9 Å². The molecule has 3 aromatic rings. The second kappa shape index (κ2) is 5.70. The third kappa shape index (κ3) is 2.98. The minimum atomic E-state index is 0.786. The maximum absolute atomic E-state index is 4.60. The molecule has 0 unspecified atom stereocenters. The Balaban J connectivity index is 1.69. The standard InChI is InChI=1S/C18H21N3/c1-13-8-14(2)17(15(3)9-13)11-19-10-16-12-21-7-5-4-6-18(21)20-16/h4-9,12,19H,10-11H2,1-3H3. The lowest BCUT2D eigenvalue weighted by Crippen LogP contribution is -2.14. The number of rotatable bonds is 4. The second-order valence-corrected chi connectivity index (χ2v) is 5.68. The van der Waals surface area contributed by atoms with Crippen molar-refractivity contribution in [3.05, 3.63) is 70.7 Å². The fourth-order valence-corrected chi connectivity index (χ4v) is 2.88. The summed E-state index contributed by atoms with van der Waals surface area (Å²) in [6, 6.07) is 10.5. The third-order valence-corrected chi connectivity index (χ3v) is 3.86. The quantitative estimate of drug-likeness (QED) is 0.791. The summed E-state index contributed by atoms with van der Waals surface area (Å²) in [5.74, 6) is 0. The number of fused-ring (bicyclic) bond motifs is 1. The molecule has 21 heavy (non-hydrogen) atoms. The smallest absolute Gasteiger partial charge is 0.137 e. The summed E-state index contributed by atoms with van der Waals surface area (Å²) < 4.78 is 2.05. The van der Waals surface area contributed by atoms with Crippen molar-refractivity contribution in [1.29, 1.82) is 0 Å². The summed E-state index contributed by atoms with van der Waals surface area (Å²) in [4.78, 5) is 4.60. The van der Waals surface area contributed by atoms with E-state index in [9.17, 15) is 0 Å². The minimum Gasteiger partial charge on any atom is -0.307 e. The lowest BCUT2D eigenvalue weighted by Gasteiger charge is -2.11. The van der Waals surface area contributed by atoms with Gasteiger partial charge in [-0.2, -0.15) is 0 Å². The Morgan fingerprint density at radius 3 is 2.52 bits per heavy atom. The first kappa shape index (κ1) is 13.8. The zero-order valence-electron chi connectivity index (χ0n) is 12.9. The van der Waals surface area contributed by atoms with Crippen LogP contribution in [0.3, 0.4) is 0 Å². The van der Waals surface area contributed by atoms with Gasteiger partial charge in [0.25, 0.3) is 0 Å². The molecular formula is C18H21N3. The van der Waals surface area contributed by atoms with Gasteiger partial charge in [0.1, 0.15) is 5.65 Å². The number of hydrogen-bond donors (Lipinski definition) is 1. The molecule has 1 N–H and O–H groups in total. The van der Waals surface area contributed by atoms with Crippen molar-refractivity contribution < 1.29 is 0 Å². The molecule has 3 nitrogen and oxygen atoms in total. The zero-order valence-corrected chi connectivity index (χ0v) is 12.9. The van der Waals surface area contributed by atoms with Crippen LogP contribution in [0.5, 0.6) is 0 Å². The van der Waals surface area contributed by atoms with Crippen LogP contribution in [0.2, 0.25) is 0 Å². The van der Waals surface area contributed by atoms with Crippen molar-refractivity contribution in [1.82, 2.24) is 14.7 Å². The van der Waals surface area contributed by atoms with Gasteiger partial charge >= 0.3 is 0 Å². The summed E-state index contributed by atoms with van der Waals surface area (Å²) in [7, 11) is 0. The number of imidazole rings is 1. The molecular weight excluding hydrogens is 258 g/mol. The van der Waals surface area contributed by atoms with Gasteiger partial charge in [-0.25, -0.2) is 4.98 Å². The number of benzene rings is 1. The summed E-state index contributed by atoms with van der Waals surface area (Å²) in [6.45, 7) is 8.18. The molecule has 0 aliphatic rings. The van der Waals surface area contributed by atoms with E-state index in [4.69, 9.17) is 0 Å².